The van der Waals surface area contributed by atoms with Crippen molar-refractivity contribution in [2.75, 3.05) is 31.9 Å². The summed E-state index contributed by atoms with van der Waals surface area (Å²) in [4.78, 5) is 4.57. The second-order valence-electron chi connectivity index (χ2n) is 7.66. The molecule has 1 aliphatic heterocycles. The van der Waals surface area contributed by atoms with E-state index < -0.39 is 10.0 Å². The maximum atomic E-state index is 12.7. The number of benzene rings is 1. The first kappa shape index (κ1) is 25.9. The maximum absolute atomic E-state index is 12.7. The van der Waals surface area contributed by atoms with Crippen LogP contribution in [0, 0.1) is 6.92 Å². The van der Waals surface area contributed by atoms with Crippen LogP contribution in [0.5, 0.6) is 0 Å². The maximum Gasteiger partial charge on any atom is 0.216 e. The Labute approximate surface area is 201 Å². The molecule has 31 heavy (non-hydrogen) atoms. The predicted molar refractivity (Wildman–Crippen MR) is 135 cm³/mol. The Bertz CT molecular complexity index is 982. The molecule has 1 aromatic carbocycles. The summed E-state index contributed by atoms with van der Waals surface area (Å²) in [6, 6.07) is 7.90. The lowest BCUT2D eigenvalue weighted by Crippen LogP contribution is -2.50. The number of nitrogens with one attached hydrogen (secondary N) is 2. The highest BCUT2D eigenvalue weighted by Crippen LogP contribution is 2.25. The van der Waals surface area contributed by atoms with Gasteiger partial charge in [0.05, 0.1) is 18.0 Å². The molecule has 1 aromatic heterocycles. The molecule has 2 unspecified atom stereocenters. The summed E-state index contributed by atoms with van der Waals surface area (Å²) in [6.45, 7) is 9.90. The first-order valence-corrected chi connectivity index (χ1v) is 12.0. The summed E-state index contributed by atoms with van der Waals surface area (Å²) in [5.74, 6) is 1.37. The molecule has 0 bridgehead atoms. The molecule has 3 rings (SSSR count). The lowest BCUT2D eigenvalue weighted by Gasteiger charge is -2.34. The van der Waals surface area contributed by atoms with Gasteiger partial charge in [-0.25, -0.2) is 13.4 Å². The molecule has 10 heteroatoms. The zero-order valence-corrected chi connectivity index (χ0v) is 21.7. The van der Waals surface area contributed by atoms with Crippen LogP contribution >= 0.6 is 24.0 Å². The number of para-hydroxylation sites is 1. The number of fused-ring (bicyclic) bond motifs is 1. The summed E-state index contributed by atoms with van der Waals surface area (Å²) >= 11 is 0. The first-order chi connectivity index (χ1) is 14.3. The monoisotopic (exact) mass is 564 g/mol. The molecular formula is C21H33IN4O4S. The van der Waals surface area contributed by atoms with Crippen LogP contribution in [0.15, 0.2) is 33.7 Å². The molecule has 174 valence electrons. The number of halogens is 1. The van der Waals surface area contributed by atoms with Crippen LogP contribution in [-0.4, -0.2) is 62.8 Å². The van der Waals surface area contributed by atoms with Crippen molar-refractivity contribution in [1.29, 1.82) is 0 Å². The number of morpholine rings is 1. The van der Waals surface area contributed by atoms with Gasteiger partial charge in [-0.15, -0.1) is 24.0 Å². The standard InChI is InChI=1S/C21H32N4O4S.HI/c1-5-22-21(24-12-20-17(4)18-8-6-7-9-19(18)29-20)23-10-11-30(26,27)25-13-15(2)28-16(3)14-25;/h6-9,15-16H,5,10-14H2,1-4H3,(H2,22,23,24);1H. The Morgan fingerprint density at radius 1 is 1.19 bits per heavy atom. The minimum atomic E-state index is -3.36. The third-order valence-corrected chi connectivity index (χ3v) is 6.90. The molecule has 1 saturated heterocycles. The topological polar surface area (TPSA) is 96.2 Å². The van der Waals surface area contributed by atoms with Crippen LogP contribution in [0.4, 0.5) is 0 Å². The fourth-order valence-electron chi connectivity index (χ4n) is 3.65. The van der Waals surface area contributed by atoms with Gasteiger partial charge in [0.15, 0.2) is 5.96 Å². The van der Waals surface area contributed by atoms with E-state index in [1.54, 1.807) is 0 Å². The number of aryl methyl sites for hydroxylation is 1. The van der Waals surface area contributed by atoms with Crippen molar-refractivity contribution in [3.63, 3.8) is 0 Å². The van der Waals surface area contributed by atoms with Crippen molar-refractivity contribution in [3.05, 3.63) is 35.6 Å². The third-order valence-electron chi connectivity index (χ3n) is 5.10. The van der Waals surface area contributed by atoms with E-state index in [9.17, 15) is 8.42 Å². The summed E-state index contributed by atoms with van der Waals surface area (Å²) in [7, 11) is -3.36. The van der Waals surface area contributed by atoms with E-state index in [0.717, 1.165) is 22.3 Å². The highest BCUT2D eigenvalue weighted by molar-refractivity contribution is 14.0. The number of nitrogens with zero attached hydrogens (tertiary/aromatic N) is 2. The van der Waals surface area contributed by atoms with Gasteiger partial charge in [0.2, 0.25) is 10.0 Å². The molecular weight excluding hydrogens is 531 g/mol. The Kier molecular flexibility index (Phi) is 9.59. The van der Waals surface area contributed by atoms with E-state index in [-0.39, 0.29) is 48.5 Å². The molecule has 2 aromatic rings. The molecule has 0 saturated carbocycles. The van der Waals surface area contributed by atoms with Crippen molar-refractivity contribution in [2.24, 2.45) is 4.99 Å². The smallest absolute Gasteiger partial charge is 0.216 e. The Morgan fingerprint density at radius 3 is 2.52 bits per heavy atom. The van der Waals surface area contributed by atoms with E-state index in [2.05, 4.69) is 15.6 Å². The fourth-order valence-corrected chi connectivity index (χ4v) is 5.15. The molecule has 1 fully saturated rings. The molecule has 0 aliphatic carbocycles. The van der Waals surface area contributed by atoms with E-state index in [1.165, 1.54) is 4.31 Å². The molecule has 8 nitrogen and oxygen atoms in total. The van der Waals surface area contributed by atoms with Crippen LogP contribution in [-0.2, 0) is 21.3 Å². The third kappa shape index (κ3) is 6.80. The van der Waals surface area contributed by atoms with E-state index in [0.29, 0.717) is 32.1 Å². The first-order valence-electron chi connectivity index (χ1n) is 10.4. The summed E-state index contributed by atoms with van der Waals surface area (Å²) < 4.78 is 38.5. The van der Waals surface area contributed by atoms with Crippen molar-refractivity contribution >= 4 is 50.9 Å². The SMILES string of the molecule is CCNC(=NCc1oc2ccccc2c1C)NCCS(=O)(=O)N1CC(C)OC(C)C1.I. The Balaban J connectivity index is 0.00000341. The van der Waals surface area contributed by atoms with Crippen LogP contribution in [0.25, 0.3) is 11.0 Å². The predicted octanol–water partition coefficient (Wildman–Crippen LogP) is 2.85. The Hall–Kier alpha value is -1.37. The minimum absolute atomic E-state index is 0. The number of rotatable bonds is 7. The second-order valence-corrected chi connectivity index (χ2v) is 9.75. The molecule has 2 atom stereocenters. The molecule has 0 amide bonds. The van der Waals surface area contributed by atoms with Gasteiger partial charge in [0.25, 0.3) is 0 Å². The van der Waals surface area contributed by atoms with E-state index in [1.807, 2.05) is 52.0 Å². The highest BCUT2D eigenvalue weighted by atomic mass is 127. The summed E-state index contributed by atoms with van der Waals surface area (Å²) in [6.07, 6.45) is -0.190. The van der Waals surface area contributed by atoms with Crippen LogP contribution < -0.4 is 10.6 Å². The van der Waals surface area contributed by atoms with Gasteiger partial charge in [0.1, 0.15) is 17.9 Å². The van der Waals surface area contributed by atoms with Gasteiger partial charge in [-0.05, 0) is 33.8 Å². The molecule has 0 radical (unpaired) electrons. The van der Waals surface area contributed by atoms with Gasteiger partial charge in [-0.1, -0.05) is 18.2 Å². The lowest BCUT2D eigenvalue weighted by molar-refractivity contribution is -0.0440. The van der Waals surface area contributed by atoms with Gasteiger partial charge in [0, 0.05) is 37.1 Å². The largest absolute Gasteiger partial charge is 0.459 e. The normalized spacial score (nSPS) is 20.5. The summed E-state index contributed by atoms with van der Waals surface area (Å²) in [5, 5.41) is 7.36. The fraction of sp³-hybridized carbons (Fsp3) is 0.571. The number of guanidine groups is 1. The number of hydrogen-bond acceptors (Lipinski definition) is 5. The molecule has 1 aliphatic rings. The number of hydrogen-bond donors (Lipinski definition) is 2. The van der Waals surface area contributed by atoms with Crippen molar-refractivity contribution in [2.45, 2.75) is 46.4 Å². The van der Waals surface area contributed by atoms with Crippen LogP contribution in [0.2, 0.25) is 0 Å². The Morgan fingerprint density at radius 2 is 1.87 bits per heavy atom. The number of furan rings is 1. The molecule has 0 spiro atoms. The molecule has 2 heterocycles. The van der Waals surface area contributed by atoms with Gasteiger partial charge >= 0.3 is 0 Å². The number of ether oxygens (including phenoxy) is 1. The number of aliphatic imine (C=N–C) groups is 1. The van der Waals surface area contributed by atoms with E-state index in [4.69, 9.17) is 9.15 Å². The lowest BCUT2D eigenvalue weighted by atomic mass is 10.1. The van der Waals surface area contributed by atoms with Gasteiger partial charge in [-0.3, -0.25) is 0 Å². The minimum Gasteiger partial charge on any atom is -0.459 e. The van der Waals surface area contributed by atoms with Crippen molar-refractivity contribution in [3.8, 4) is 0 Å². The summed E-state index contributed by atoms with van der Waals surface area (Å²) in [5.41, 5.74) is 1.92. The van der Waals surface area contributed by atoms with Gasteiger partial charge in [-0.2, -0.15) is 4.31 Å². The zero-order valence-electron chi connectivity index (χ0n) is 18.6. The average Bonchev–Trinajstić information content (AvgIpc) is 3.01. The van der Waals surface area contributed by atoms with E-state index >= 15 is 0 Å². The van der Waals surface area contributed by atoms with Crippen molar-refractivity contribution in [1.82, 2.24) is 14.9 Å². The second kappa shape index (κ2) is 11.5. The number of sulfonamides is 1. The van der Waals surface area contributed by atoms with Crippen LogP contribution in [0.3, 0.4) is 0 Å². The quantitative estimate of drug-likeness (QED) is 0.305. The average molecular weight is 564 g/mol. The van der Waals surface area contributed by atoms with Gasteiger partial charge < -0.3 is 19.8 Å². The zero-order chi connectivity index (χ0) is 21.7. The van der Waals surface area contributed by atoms with Crippen LogP contribution in [0.1, 0.15) is 32.1 Å². The van der Waals surface area contributed by atoms with Crippen molar-refractivity contribution < 1.29 is 17.6 Å². The highest BCUT2D eigenvalue weighted by Gasteiger charge is 2.30. The molecule has 2 N–H and O–H groups in total.